The van der Waals surface area contributed by atoms with Crippen LogP contribution >= 0.6 is 0 Å². The Balaban J connectivity index is 2.63. The Morgan fingerprint density at radius 1 is 1.60 bits per heavy atom. The molecule has 0 heterocycles. The topological polar surface area (TPSA) is 64.3 Å². The van der Waals surface area contributed by atoms with Crippen LogP contribution < -0.4 is 11.1 Å². The van der Waals surface area contributed by atoms with Crippen LogP contribution in [0.5, 0.6) is 0 Å². The SMILES string of the molecule is CCOCC(=O)Nc1cc(N)ccc1F. The molecule has 15 heavy (non-hydrogen) atoms. The van der Waals surface area contributed by atoms with E-state index in [9.17, 15) is 9.18 Å². The van der Waals surface area contributed by atoms with Crippen LogP contribution in [0.2, 0.25) is 0 Å². The molecule has 5 heteroatoms. The lowest BCUT2D eigenvalue weighted by atomic mass is 10.2. The third-order valence-corrected chi connectivity index (χ3v) is 1.70. The molecule has 1 rings (SSSR count). The summed E-state index contributed by atoms with van der Waals surface area (Å²) in [4.78, 5) is 11.2. The van der Waals surface area contributed by atoms with Gasteiger partial charge in [-0.15, -0.1) is 0 Å². The molecule has 0 unspecified atom stereocenters. The summed E-state index contributed by atoms with van der Waals surface area (Å²) < 4.78 is 18.0. The molecule has 0 aliphatic rings. The van der Waals surface area contributed by atoms with Crippen LogP contribution in [0.25, 0.3) is 0 Å². The lowest BCUT2D eigenvalue weighted by molar-refractivity contribution is -0.120. The third kappa shape index (κ3) is 3.55. The van der Waals surface area contributed by atoms with Gasteiger partial charge in [-0.1, -0.05) is 0 Å². The van der Waals surface area contributed by atoms with Gasteiger partial charge in [-0.3, -0.25) is 4.79 Å². The van der Waals surface area contributed by atoms with Crippen LogP contribution in [0.4, 0.5) is 15.8 Å². The Hall–Kier alpha value is -1.62. The highest BCUT2D eigenvalue weighted by Gasteiger charge is 2.06. The number of hydrogen-bond acceptors (Lipinski definition) is 3. The summed E-state index contributed by atoms with van der Waals surface area (Å²) in [6.07, 6.45) is 0. The van der Waals surface area contributed by atoms with Gasteiger partial charge in [0.25, 0.3) is 0 Å². The number of benzene rings is 1. The summed E-state index contributed by atoms with van der Waals surface area (Å²) in [6, 6.07) is 3.98. The molecule has 0 fully saturated rings. The Bertz CT molecular complexity index is 355. The van der Waals surface area contributed by atoms with Crippen molar-refractivity contribution in [3.8, 4) is 0 Å². The van der Waals surface area contributed by atoms with Crippen molar-refractivity contribution < 1.29 is 13.9 Å². The van der Waals surface area contributed by atoms with Gasteiger partial charge in [0.2, 0.25) is 5.91 Å². The Morgan fingerprint density at radius 3 is 3.00 bits per heavy atom. The van der Waals surface area contributed by atoms with Gasteiger partial charge in [0.05, 0.1) is 5.69 Å². The molecule has 0 radical (unpaired) electrons. The number of nitrogen functional groups attached to an aromatic ring is 1. The van der Waals surface area contributed by atoms with Crippen molar-refractivity contribution in [2.24, 2.45) is 0 Å². The van der Waals surface area contributed by atoms with Gasteiger partial charge in [0.1, 0.15) is 12.4 Å². The fourth-order valence-electron chi connectivity index (χ4n) is 1.02. The van der Waals surface area contributed by atoms with Gasteiger partial charge in [0.15, 0.2) is 0 Å². The zero-order valence-corrected chi connectivity index (χ0v) is 8.42. The highest BCUT2D eigenvalue weighted by atomic mass is 19.1. The summed E-state index contributed by atoms with van der Waals surface area (Å²) in [5.74, 6) is -0.921. The standard InChI is InChI=1S/C10H13FN2O2/c1-2-15-6-10(14)13-9-5-7(12)3-4-8(9)11/h3-5H,2,6,12H2,1H3,(H,13,14). The van der Waals surface area contributed by atoms with Gasteiger partial charge < -0.3 is 15.8 Å². The molecule has 1 aromatic carbocycles. The number of anilines is 2. The molecule has 0 aliphatic carbocycles. The maximum absolute atomic E-state index is 13.1. The number of amides is 1. The average molecular weight is 212 g/mol. The molecule has 0 saturated heterocycles. The fourth-order valence-corrected chi connectivity index (χ4v) is 1.02. The zero-order valence-electron chi connectivity index (χ0n) is 8.42. The maximum atomic E-state index is 13.1. The highest BCUT2D eigenvalue weighted by Crippen LogP contribution is 2.17. The van der Waals surface area contributed by atoms with E-state index in [1.807, 2.05) is 0 Å². The van der Waals surface area contributed by atoms with E-state index in [-0.39, 0.29) is 12.3 Å². The first kappa shape index (κ1) is 11.5. The monoisotopic (exact) mass is 212 g/mol. The molecule has 4 nitrogen and oxygen atoms in total. The minimum atomic E-state index is -0.519. The van der Waals surface area contributed by atoms with Gasteiger partial charge in [-0.25, -0.2) is 4.39 Å². The van der Waals surface area contributed by atoms with E-state index in [2.05, 4.69) is 5.32 Å². The van der Waals surface area contributed by atoms with Gasteiger partial charge in [-0.05, 0) is 25.1 Å². The minimum absolute atomic E-state index is 0.0692. The number of halogens is 1. The average Bonchev–Trinajstić information content (AvgIpc) is 2.20. The first-order valence-corrected chi connectivity index (χ1v) is 4.56. The van der Waals surface area contributed by atoms with E-state index in [4.69, 9.17) is 10.5 Å². The van der Waals surface area contributed by atoms with E-state index < -0.39 is 11.7 Å². The van der Waals surface area contributed by atoms with E-state index in [0.29, 0.717) is 12.3 Å². The highest BCUT2D eigenvalue weighted by molar-refractivity contribution is 5.92. The van der Waals surface area contributed by atoms with Crippen molar-refractivity contribution >= 4 is 17.3 Å². The lowest BCUT2D eigenvalue weighted by Gasteiger charge is -2.06. The molecule has 0 bridgehead atoms. The number of nitrogens with one attached hydrogen (secondary N) is 1. The Morgan fingerprint density at radius 2 is 2.33 bits per heavy atom. The van der Waals surface area contributed by atoms with Crippen molar-refractivity contribution in [2.75, 3.05) is 24.3 Å². The maximum Gasteiger partial charge on any atom is 0.250 e. The molecule has 82 valence electrons. The second-order valence-corrected chi connectivity index (χ2v) is 2.92. The van der Waals surface area contributed by atoms with Crippen molar-refractivity contribution in [1.29, 1.82) is 0 Å². The predicted octanol–water partition coefficient (Wildman–Crippen LogP) is 1.38. The minimum Gasteiger partial charge on any atom is -0.399 e. The van der Waals surface area contributed by atoms with Crippen molar-refractivity contribution in [2.45, 2.75) is 6.92 Å². The number of carbonyl (C=O) groups is 1. The molecule has 0 aromatic heterocycles. The van der Waals surface area contributed by atoms with E-state index in [1.165, 1.54) is 18.2 Å². The number of rotatable bonds is 4. The molecule has 0 saturated carbocycles. The second-order valence-electron chi connectivity index (χ2n) is 2.92. The zero-order chi connectivity index (χ0) is 11.3. The molecule has 0 aliphatic heterocycles. The molecule has 3 N–H and O–H groups in total. The largest absolute Gasteiger partial charge is 0.399 e. The van der Waals surface area contributed by atoms with Crippen LogP contribution in [0.15, 0.2) is 18.2 Å². The van der Waals surface area contributed by atoms with Crippen LogP contribution in [0, 0.1) is 5.82 Å². The fraction of sp³-hybridized carbons (Fsp3) is 0.300. The van der Waals surface area contributed by atoms with Crippen LogP contribution in [-0.2, 0) is 9.53 Å². The first-order valence-electron chi connectivity index (χ1n) is 4.56. The van der Waals surface area contributed by atoms with Crippen molar-refractivity contribution in [3.05, 3.63) is 24.0 Å². The number of ether oxygens (including phenoxy) is 1. The van der Waals surface area contributed by atoms with Crippen molar-refractivity contribution in [1.82, 2.24) is 0 Å². The van der Waals surface area contributed by atoms with Crippen LogP contribution in [-0.4, -0.2) is 19.1 Å². The van der Waals surface area contributed by atoms with Crippen LogP contribution in [0.1, 0.15) is 6.92 Å². The molecule has 0 atom stereocenters. The van der Waals surface area contributed by atoms with Crippen molar-refractivity contribution in [3.63, 3.8) is 0 Å². The van der Waals surface area contributed by atoms with Gasteiger partial charge in [0, 0.05) is 12.3 Å². The van der Waals surface area contributed by atoms with E-state index >= 15 is 0 Å². The molecular weight excluding hydrogens is 199 g/mol. The quantitative estimate of drug-likeness (QED) is 0.741. The summed E-state index contributed by atoms with van der Waals surface area (Å²) in [5, 5.41) is 2.37. The third-order valence-electron chi connectivity index (χ3n) is 1.70. The predicted molar refractivity (Wildman–Crippen MR) is 55.9 cm³/mol. The smallest absolute Gasteiger partial charge is 0.250 e. The van der Waals surface area contributed by atoms with Gasteiger partial charge in [-0.2, -0.15) is 0 Å². The second kappa shape index (κ2) is 5.31. The molecular formula is C10H13FN2O2. The molecule has 1 aromatic rings. The Labute approximate surface area is 87.2 Å². The van der Waals surface area contributed by atoms with E-state index in [1.54, 1.807) is 6.92 Å². The molecule has 1 amide bonds. The van der Waals surface area contributed by atoms with Gasteiger partial charge >= 0.3 is 0 Å². The first-order chi connectivity index (χ1) is 7.13. The number of nitrogens with two attached hydrogens (primary N) is 1. The number of hydrogen-bond donors (Lipinski definition) is 2. The lowest BCUT2D eigenvalue weighted by Crippen LogP contribution is -2.19. The summed E-state index contributed by atoms with van der Waals surface area (Å²) >= 11 is 0. The number of carbonyl (C=O) groups excluding carboxylic acids is 1. The Kier molecular flexibility index (Phi) is 4.05. The van der Waals surface area contributed by atoms with Crippen LogP contribution in [0.3, 0.4) is 0 Å². The summed E-state index contributed by atoms with van der Waals surface area (Å²) in [5.41, 5.74) is 5.92. The summed E-state index contributed by atoms with van der Waals surface area (Å²) in [7, 11) is 0. The van der Waals surface area contributed by atoms with E-state index in [0.717, 1.165) is 0 Å². The summed E-state index contributed by atoms with van der Waals surface area (Å²) in [6.45, 7) is 2.12. The normalized spacial score (nSPS) is 10.0. The molecule has 0 spiro atoms.